The van der Waals surface area contributed by atoms with Gasteiger partial charge in [-0.15, -0.1) is 21.5 Å². The van der Waals surface area contributed by atoms with Crippen molar-refractivity contribution in [2.24, 2.45) is 7.05 Å². The molecule has 0 bridgehead atoms. The summed E-state index contributed by atoms with van der Waals surface area (Å²) in [6, 6.07) is 2.23. The maximum Gasteiger partial charge on any atom is 0.146 e. The SMILES string of the molecule is Cc1ccsc1CN1CCC[C@@H](c2nnc(CN3CCCC3)n2C)C1. The summed E-state index contributed by atoms with van der Waals surface area (Å²) in [7, 11) is 2.16. The molecule has 0 unspecified atom stereocenters. The number of hydrogen-bond donors (Lipinski definition) is 0. The topological polar surface area (TPSA) is 37.2 Å². The molecule has 0 spiro atoms. The van der Waals surface area contributed by atoms with Crippen molar-refractivity contribution in [1.29, 1.82) is 0 Å². The van der Waals surface area contributed by atoms with E-state index in [1.54, 1.807) is 0 Å². The van der Waals surface area contributed by atoms with Crippen LogP contribution in [0.3, 0.4) is 0 Å². The summed E-state index contributed by atoms with van der Waals surface area (Å²) in [6.07, 6.45) is 5.13. The van der Waals surface area contributed by atoms with Crippen LogP contribution in [0.2, 0.25) is 0 Å². The third-order valence-electron chi connectivity index (χ3n) is 5.77. The zero-order valence-electron chi connectivity index (χ0n) is 15.4. The van der Waals surface area contributed by atoms with Gasteiger partial charge < -0.3 is 4.57 Å². The molecular weight excluding hydrogens is 330 g/mol. The fourth-order valence-corrected chi connectivity index (χ4v) is 5.14. The van der Waals surface area contributed by atoms with Gasteiger partial charge in [0, 0.05) is 30.9 Å². The number of aryl methyl sites for hydroxylation is 1. The zero-order chi connectivity index (χ0) is 17.2. The van der Waals surface area contributed by atoms with E-state index in [2.05, 4.69) is 50.0 Å². The average Bonchev–Trinajstić information content (AvgIpc) is 3.33. The van der Waals surface area contributed by atoms with E-state index in [4.69, 9.17) is 0 Å². The predicted molar refractivity (Wildman–Crippen MR) is 102 cm³/mol. The molecule has 0 saturated carbocycles. The van der Waals surface area contributed by atoms with E-state index in [-0.39, 0.29) is 0 Å². The lowest BCUT2D eigenvalue weighted by Crippen LogP contribution is -2.34. The highest BCUT2D eigenvalue weighted by Gasteiger charge is 2.27. The Morgan fingerprint density at radius 3 is 2.64 bits per heavy atom. The summed E-state index contributed by atoms with van der Waals surface area (Å²) in [5.74, 6) is 2.82. The summed E-state index contributed by atoms with van der Waals surface area (Å²) >= 11 is 1.88. The van der Waals surface area contributed by atoms with Crippen molar-refractivity contribution in [3.05, 3.63) is 33.5 Å². The van der Waals surface area contributed by atoms with Gasteiger partial charge in [-0.3, -0.25) is 9.80 Å². The van der Waals surface area contributed by atoms with E-state index in [0.29, 0.717) is 5.92 Å². The molecule has 0 N–H and O–H groups in total. The normalized spacial score (nSPS) is 22.7. The molecule has 0 radical (unpaired) electrons. The minimum absolute atomic E-state index is 0.513. The number of likely N-dealkylation sites (tertiary alicyclic amines) is 2. The quantitative estimate of drug-likeness (QED) is 0.822. The van der Waals surface area contributed by atoms with Crippen LogP contribution in [-0.2, 0) is 20.1 Å². The first-order valence-electron chi connectivity index (χ1n) is 9.56. The molecule has 4 rings (SSSR count). The lowest BCUT2D eigenvalue weighted by molar-refractivity contribution is 0.196. The van der Waals surface area contributed by atoms with Crippen molar-refractivity contribution in [1.82, 2.24) is 24.6 Å². The van der Waals surface area contributed by atoms with Crippen LogP contribution in [-0.4, -0.2) is 50.7 Å². The highest BCUT2D eigenvalue weighted by Crippen LogP contribution is 2.28. The molecule has 0 aromatic carbocycles. The Balaban J connectivity index is 1.42. The molecule has 2 saturated heterocycles. The zero-order valence-corrected chi connectivity index (χ0v) is 16.3. The molecule has 6 heteroatoms. The minimum Gasteiger partial charge on any atom is -0.317 e. The van der Waals surface area contributed by atoms with Crippen LogP contribution in [0.1, 0.15) is 53.7 Å². The van der Waals surface area contributed by atoms with Gasteiger partial charge in [-0.1, -0.05) is 0 Å². The first kappa shape index (κ1) is 17.2. The van der Waals surface area contributed by atoms with E-state index in [9.17, 15) is 0 Å². The number of aromatic nitrogens is 3. The van der Waals surface area contributed by atoms with Crippen molar-refractivity contribution >= 4 is 11.3 Å². The molecule has 2 aromatic rings. The third-order valence-corrected chi connectivity index (χ3v) is 6.78. The lowest BCUT2D eigenvalue weighted by atomic mass is 9.97. The lowest BCUT2D eigenvalue weighted by Gasteiger charge is -2.32. The summed E-state index contributed by atoms with van der Waals surface area (Å²) < 4.78 is 2.27. The van der Waals surface area contributed by atoms with Gasteiger partial charge in [0.1, 0.15) is 11.6 Å². The molecule has 2 aliphatic heterocycles. The maximum absolute atomic E-state index is 4.59. The van der Waals surface area contributed by atoms with Crippen molar-refractivity contribution in [2.75, 3.05) is 26.2 Å². The van der Waals surface area contributed by atoms with Gasteiger partial charge in [0.05, 0.1) is 6.54 Å². The van der Waals surface area contributed by atoms with E-state index >= 15 is 0 Å². The molecule has 136 valence electrons. The molecular formula is C19H29N5S. The maximum atomic E-state index is 4.59. The second-order valence-corrected chi connectivity index (χ2v) is 8.62. The molecule has 25 heavy (non-hydrogen) atoms. The van der Waals surface area contributed by atoms with Crippen LogP contribution >= 0.6 is 11.3 Å². The van der Waals surface area contributed by atoms with Crippen molar-refractivity contribution in [2.45, 2.75) is 51.6 Å². The Hall–Kier alpha value is -1.24. The molecule has 2 fully saturated rings. The highest BCUT2D eigenvalue weighted by molar-refractivity contribution is 7.10. The highest BCUT2D eigenvalue weighted by atomic mass is 32.1. The van der Waals surface area contributed by atoms with Crippen LogP contribution < -0.4 is 0 Å². The van der Waals surface area contributed by atoms with Crippen LogP contribution in [0.4, 0.5) is 0 Å². The fraction of sp³-hybridized carbons (Fsp3) is 0.684. The van der Waals surface area contributed by atoms with Crippen LogP contribution in [0, 0.1) is 6.92 Å². The number of rotatable bonds is 5. The summed E-state index contributed by atoms with van der Waals surface area (Å²) in [4.78, 5) is 6.61. The number of hydrogen-bond acceptors (Lipinski definition) is 5. The van der Waals surface area contributed by atoms with Crippen molar-refractivity contribution < 1.29 is 0 Å². The van der Waals surface area contributed by atoms with Crippen molar-refractivity contribution in [3.8, 4) is 0 Å². The van der Waals surface area contributed by atoms with E-state index in [1.807, 2.05) is 11.3 Å². The molecule has 0 amide bonds. The molecule has 2 aliphatic rings. The molecule has 0 aliphatic carbocycles. The predicted octanol–water partition coefficient (Wildman–Crippen LogP) is 3.16. The number of thiophene rings is 1. The molecule has 4 heterocycles. The van der Waals surface area contributed by atoms with Gasteiger partial charge in [-0.2, -0.15) is 0 Å². The van der Waals surface area contributed by atoms with Gasteiger partial charge in [0.2, 0.25) is 0 Å². The van der Waals surface area contributed by atoms with Crippen molar-refractivity contribution in [3.63, 3.8) is 0 Å². The Kier molecular flexibility index (Phi) is 5.20. The van der Waals surface area contributed by atoms with Gasteiger partial charge in [-0.25, -0.2) is 0 Å². The molecule has 2 aromatic heterocycles. The number of piperidine rings is 1. The summed E-state index contributed by atoms with van der Waals surface area (Å²) in [5, 5.41) is 11.3. The van der Waals surface area contributed by atoms with Gasteiger partial charge >= 0.3 is 0 Å². The Morgan fingerprint density at radius 1 is 1.08 bits per heavy atom. The minimum atomic E-state index is 0.513. The van der Waals surface area contributed by atoms with Gasteiger partial charge in [0.25, 0.3) is 0 Å². The van der Waals surface area contributed by atoms with E-state index in [0.717, 1.165) is 25.5 Å². The second kappa shape index (κ2) is 7.56. The molecule has 5 nitrogen and oxygen atoms in total. The monoisotopic (exact) mass is 359 g/mol. The second-order valence-electron chi connectivity index (χ2n) is 7.62. The molecule has 1 atom stereocenters. The fourth-order valence-electron chi connectivity index (χ4n) is 4.19. The van der Waals surface area contributed by atoms with Gasteiger partial charge in [-0.05, 0) is 69.3 Å². The number of nitrogens with zero attached hydrogens (tertiary/aromatic N) is 5. The van der Waals surface area contributed by atoms with Gasteiger partial charge in [0.15, 0.2) is 0 Å². The van der Waals surface area contributed by atoms with E-state index < -0.39 is 0 Å². The summed E-state index contributed by atoms with van der Waals surface area (Å²) in [5.41, 5.74) is 1.43. The van der Waals surface area contributed by atoms with Crippen LogP contribution in [0.15, 0.2) is 11.4 Å². The first-order valence-corrected chi connectivity index (χ1v) is 10.4. The van der Waals surface area contributed by atoms with E-state index in [1.165, 1.54) is 61.6 Å². The standard InChI is InChI=1S/C19H29N5S/c1-15-7-11-25-17(15)13-24-10-5-6-16(12-24)19-21-20-18(22(19)2)14-23-8-3-4-9-23/h7,11,16H,3-6,8-10,12-14H2,1-2H3/t16-/m1/s1. The largest absolute Gasteiger partial charge is 0.317 e. The van der Waals surface area contributed by atoms with Crippen LogP contribution in [0.25, 0.3) is 0 Å². The smallest absolute Gasteiger partial charge is 0.146 e. The Labute approximate surface area is 154 Å². The average molecular weight is 360 g/mol. The Morgan fingerprint density at radius 2 is 1.88 bits per heavy atom. The Bertz CT molecular complexity index is 700. The first-order chi connectivity index (χ1) is 12.2. The van der Waals surface area contributed by atoms with Crippen LogP contribution in [0.5, 0.6) is 0 Å². The summed E-state index contributed by atoms with van der Waals surface area (Å²) in [6.45, 7) is 8.98. The third kappa shape index (κ3) is 3.81.